The molecule has 100 valence electrons. The zero-order valence-electron chi connectivity index (χ0n) is 9.78. The summed E-state index contributed by atoms with van der Waals surface area (Å²) in [5, 5.41) is 2.63. The molecule has 5 nitrogen and oxygen atoms in total. The smallest absolute Gasteiger partial charge is 0.254 e. The average Bonchev–Trinajstić information content (AvgIpc) is 2.18. The van der Waals surface area contributed by atoms with E-state index >= 15 is 0 Å². The number of carbonyl (C=O) groups is 1. The largest absolute Gasteiger partial charge is 0.348 e. The SMILES string of the molecule is CC(CS(C)(=O)=O)NC(=O)c1cc(Br)cnc1Cl. The Kier molecular flexibility index (Phi) is 5.12. The minimum absolute atomic E-state index is 0.0715. The molecule has 8 heteroatoms. The van der Waals surface area contributed by atoms with Gasteiger partial charge in [-0.05, 0) is 28.9 Å². The Labute approximate surface area is 119 Å². The third-order valence-electron chi connectivity index (χ3n) is 1.98. The molecule has 1 amide bonds. The Morgan fingerprint density at radius 1 is 1.61 bits per heavy atom. The van der Waals surface area contributed by atoms with Crippen LogP contribution in [0.4, 0.5) is 0 Å². The van der Waals surface area contributed by atoms with Crippen LogP contribution in [0.5, 0.6) is 0 Å². The molecule has 1 atom stereocenters. The Hall–Kier alpha value is -0.660. The normalized spacial score (nSPS) is 13.1. The average molecular weight is 356 g/mol. The highest BCUT2D eigenvalue weighted by molar-refractivity contribution is 9.10. The predicted octanol–water partition coefficient (Wildman–Crippen LogP) is 1.66. The first-order valence-corrected chi connectivity index (χ1v) is 8.22. The van der Waals surface area contributed by atoms with Gasteiger partial charge >= 0.3 is 0 Å². The van der Waals surface area contributed by atoms with Gasteiger partial charge in [0.1, 0.15) is 15.0 Å². The van der Waals surface area contributed by atoms with E-state index in [1.807, 2.05) is 0 Å². The van der Waals surface area contributed by atoms with Gasteiger partial charge in [-0.2, -0.15) is 0 Å². The van der Waals surface area contributed by atoms with Crippen LogP contribution >= 0.6 is 27.5 Å². The maximum Gasteiger partial charge on any atom is 0.254 e. The Morgan fingerprint density at radius 3 is 2.78 bits per heavy atom. The molecule has 0 spiro atoms. The Morgan fingerprint density at radius 2 is 2.22 bits per heavy atom. The number of nitrogens with zero attached hydrogens (tertiary/aromatic N) is 1. The Bertz CT molecular complexity index is 562. The van der Waals surface area contributed by atoms with Gasteiger partial charge in [-0.1, -0.05) is 11.6 Å². The monoisotopic (exact) mass is 354 g/mol. The minimum atomic E-state index is -3.14. The number of aromatic nitrogens is 1. The van der Waals surface area contributed by atoms with Crippen LogP contribution in [0.1, 0.15) is 17.3 Å². The van der Waals surface area contributed by atoms with Crippen LogP contribution < -0.4 is 5.32 Å². The van der Waals surface area contributed by atoms with Gasteiger partial charge in [0, 0.05) is 23.0 Å². The zero-order valence-corrected chi connectivity index (χ0v) is 12.9. The summed E-state index contributed by atoms with van der Waals surface area (Å²) in [5.74, 6) is -0.581. The fourth-order valence-electron chi connectivity index (χ4n) is 1.38. The van der Waals surface area contributed by atoms with Crippen LogP contribution in [0.2, 0.25) is 5.15 Å². The van der Waals surface area contributed by atoms with Crippen molar-refractivity contribution < 1.29 is 13.2 Å². The van der Waals surface area contributed by atoms with Crippen molar-refractivity contribution in [1.82, 2.24) is 10.3 Å². The van der Waals surface area contributed by atoms with Crippen LogP contribution in [-0.4, -0.2) is 37.4 Å². The van der Waals surface area contributed by atoms with E-state index in [4.69, 9.17) is 11.6 Å². The van der Waals surface area contributed by atoms with E-state index in [1.54, 1.807) is 6.92 Å². The fraction of sp³-hybridized carbons (Fsp3) is 0.400. The standard InChI is InChI=1S/C10H12BrClN2O3S/c1-6(5-18(2,16)17)14-10(15)8-3-7(11)4-13-9(8)12/h3-4,6H,5H2,1-2H3,(H,14,15). The summed E-state index contributed by atoms with van der Waals surface area (Å²) in [5.41, 5.74) is 0.200. The molecule has 1 aromatic rings. The summed E-state index contributed by atoms with van der Waals surface area (Å²) >= 11 is 8.98. The molecule has 0 radical (unpaired) electrons. The molecule has 1 rings (SSSR count). The Balaban J connectivity index is 2.80. The van der Waals surface area contributed by atoms with Crippen molar-refractivity contribution in [2.24, 2.45) is 0 Å². The quantitative estimate of drug-likeness (QED) is 0.833. The highest BCUT2D eigenvalue weighted by Crippen LogP contribution is 2.17. The van der Waals surface area contributed by atoms with Gasteiger partial charge in [0.2, 0.25) is 0 Å². The molecular formula is C10H12BrClN2O3S. The van der Waals surface area contributed by atoms with Crippen LogP contribution in [0.25, 0.3) is 0 Å². The van der Waals surface area contributed by atoms with Gasteiger partial charge in [0.05, 0.1) is 11.3 Å². The highest BCUT2D eigenvalue weighted by Gasteiger charge is 2.17. The molecule has 0 saturated heterocycles. The zero-order chi connectivity index (χ0) is 13.9. The number of hydrogen-bond acceptors (Lipinski definition) is 4. The summed E-state index contributed by atoms with van der Waals surface area (Å²) in [6.45, 7) is 1.61. The van der Waals surface area contributed by atoms with Crippen molar-refractivity contribution in [3.05, 3.63) is 27.5 Å². The summed E-state index contributed by atoms with van der Waals surface area (Å²) in [4.78, 5) is 15.7. The van der Waals surface area contributed by atoms with E-state index in [1.165, 1.54) is 12.3 Å². The van der Waals surface area contributed by atoms with E-state index in [9.17, 15) is 13.2 Å². The molecule has 0 aromatic carbocycles. The number of amides is 1. The highest BCUT2D eigenvalue weighted by atomic mass is 79.9. The number of halogens is 2. The molecule has 18 heavy (non-hydrogen) atoms. The lowest BCUT2D eigenvalue weighted by atomic mass is 10.2. The van der Waals surface area contributed by atoms with Crippen molar-refractivity contribution in [1.29, 1.82) is 0 Å². The second kappa shape index (κ2) is 5.99. The third kappa shape index (κ3) is 4.91. The topological polar surface area (TPSA) is 76.1 Å². The van der Waals surface area contributed by atoms with Crippen LogP contribution in [0.3, 0.4) is 0 Å². The second-order valence-corrected chi connectivity index (χ2v) is 7.42. The van der Waals surface area contributed by atoms with Crippen LogP contribution in [0, 0.1) is 0 Å². The molecular weight excluding hydrogens is 344 g/mol. The van der Waals surface area contributed by atoms with Gasteiger partial charge < -0.3 is 5.32 Å². The maximum absolute atomic E-state index is 11.9. The lowest BCUT2D eigenvalue weighted by Gasteiger charge is -2.13. The first kappa shape index (κ1) is 15.4. The molecule has 1 N–H and O–H groups in total. The van der Waals surface area contributed by atoms with Crippen molar-refractivity contribution in [3.8, 4) is 0 Å². The molecule has 1 unspecified atom stereocenters. The number of sulfone groups is 1. The van der Waals surface area contributed by atoms with E-state index < -0.39 is 21.8 Å². The lowest BCUT2D eigenvalue weighted by Crippen LogP contribution is -2.37. The molecule has 1 heterocycles. The third-order valence-corrected chi connectivity index (χ3v) is 3.82. The van der Waals surface area contributed by atoms with Gasteiger partial charge in [-0.15, -0.1) is 0 Å². The first-order chi connectivity index (χ1) is 8.19. The maximum atomic E-state index is 11.9. The number of pyridine rings is 1. The second-order valence-electron chi connectivity index (χ2n) is 3.96. The van der Waals surface area contributed by atoms with Gasteiger partial charge in [0.15, 0.2) is 0 Å². The number of hydrogen-bond donors (Lipinski definition) is 1. The number of carbonyl (C=O) groups excluding carboxylic acids is 1. The van der Waals surface area contributed by atoms with Crippen LogP contribution in [-0.2, 0) is 9.84 Å². The predicted molar refractivity (Wildman–Crippen MR) is 73.6 cm³/mol. The van der Waals surface area contributed by atoms with Gasteiger partial charge in [0.25, 0.3) is 5.91 Å². The molecule has 0 saturated carbocycles. The van der Waals surface area contributed by atoms with Crippen molar-refractivity contribution in [2.45, 2.75) is 13.0 Å². The molecule has 1 aromatic heterocycles. The van der Waals surface area contributed by atoms with Crippen LogP contribution in [0.15, 0.2) is 16.7 Å². The fourth-order valence-corrected chi connectivity index (χ4v) is 2.89. The van der Waals surface area contributed by atoms with E-state index in [-0.39, 0.29) is 16.5 Å². The molecule has 0 bridgehead atoms. The summed E-state index contributed by atoms with van der Waals surface area (Å²) in [6, 6.07) is 1.03. The van der Waals surface area contributed by atoms with E-state index in [0.717, 1.165) is 6.26 Å². The van der Waals surface area contributed by atoms with Crippen molar-refractivity contribution in [3.63, 3.8) is 0 Å². The lowest BCUT2D eigenvalue weighted by molar-refractivity contribution is 0.0943. The number of nitrogens with one attached hydrogen (secondary N) is 1. The summed E-state index contributed by atoms with van der Waals surface area (Å²) < 4.78 is 22.8. The van der Waals surface area contributed by atoms with Gasteiger partial charge in [-0.3, -0.25) is 4.79 Å². The number of rotatable bonds is 4. The summed E-state index contributed by atoms with van der Waals surface area (Å²) in [6.07, 6.45) is 2.59. The summed E-state index contributed by atoms with van der Waals surface area (Å²) in [7, 11) is -3.14. The van der Waals surface area contributed by atoms with E-state index in [2.05, 4.69) is 26.2 Å². The van der Waals surface area contributed by atoms with Crippen molar-refractivity contribution in [2.75, 3.05) is 12.0 Å². The van der Waals surface area contributed by atoms with E-state index in [0.29, 0.717) is 4.47 Å². The molecule has 0 aliphatic carbocycles. The van der Waals surface area contributed by atoms with Gasteiger partial charge in [-0.25, -0.2) is 13.4 Å². The minimum Gasteiger partial charge on any atom is -0.348 e. The van der Waals surface area contributed by atoms with Crippen molar-refractivity contribution >= 4 is 43.3 Å². The first-order valence-electron chi connectivity index (χ1n) is 4.98. The molecule has 0 aliphatic rings. The molecule has 0 aliphatic heterocycles. The molecule has 0 fully saturated rings.